The van der Waals surface area contributed by atoms with Crippen LogP contribution in [0.15, 0.2) is 30.5 Å². The van der Waals surface area contributed by atoms with Crippen molar-refractivity contribution in [1.29, 1.82) is 0 Å². The number of ether oxygens (including phenoxy) is 1. The standard InChI is InChI=1S/C22H25F2N3O3/c1-3-30-20-10-15(23)7-8-17(20)18-11-21(25-12-19(18)24)27-22(29)14-5-4-6-16(9-14)26-13(2)28/h7-8,10-12,14,16H,3-6,9H2,1-2H3,(H,26,28)(H,25,27,29)/t14-,16+/m0/s1. The Labute approximate surface area is 174 Å². The summed E-state index contributed by atoms with van der Waals surface area (Å²) in [7, 11) is 0. The lowest BCUT2D eigenvalue weighted by molar-refractivity contribution is -0.123. The summed E-state index contributed by atoms with van der Waals surface area (Å²) in [5, 5.41) is 5.60. The molecule has 1 aliphatic carbocycles. The second kappa shape index (κ2) is 9.65. The van der Waals surface area contributed by atoms with Crippen molar-refractivity contribution in [2.45, 2.75) is 45.6 Å². The molecule has 0 saturated heterocycles. The predicted octanol–water partition coefficient (Wildman–Crippen LogP) is 4.06. The number of hydrogen-bond acceptors (Lipinski definition) is 4. The lowest BCUT2D eigenvalue weighted by Crippen LogP contribution is -2.40. The molecule has 2 amide bonds. The van der Waals surface area contributed by atoms with Crippen LogP contribution in [0.2, 0.25) is 0 Å². The van der Waals surface area contributed by atoms with Crippen LogP contribution < -0.4 is 15.4 Å². The van der Waals surface area contributed by atoms with Gasteiger partial charge in [-0.15, -0.1) is 0 Å². The first-order chi connectivity index (χ1) is 14.4. The zero-order chi connectivity index (χ0) is 21.7. The van der Waals surface area contributed by atoms with Crippen LogP contribution >= 0.6 is 0 Å². The molecule has 1 fully saturated rings. The van der Waals surface area contributed by atoms with E-state index in [0.717, 1.165) is 19.0 Å². The number of hydrogen-bond donors (Lipinski definition) is 2. The molecule has 1 aliphatic rings. The molecule has 6 nitrogen and oxygen atoms in total. The third-order valence-electron chi connectivity index (χ3n) is 5.09. The zero-order valence-corrected chi connectivity index (χ0v) is 17.0. The Kier molecular flexibility index (Phi) is 6.97. The largest absolute Gasteiger partial charge is 0.493 e. The number of aromatic nitrogens is 1. The maximum Gasteiger partial charge on any atom is 0.228 e. The first-order valence-electron chi connectivity index (χ1n) is 10.0. The molecular formula is C22H25F2N3O3. The number of rotatable bonds is 6. The van der Waals surface area contributed by atoms with E-state index in [2.05, 4.69) is 15.6 Å². The van der Waals surface area contributed by atoms with Gasteiger partial charge in [0.05, 0.1) is 12.8 Å². The van der Waals surface area contributed by atoms with Crippen molar-refractivity contribution in [3.63, 3.8) is 0 Å². The number of carbonyl (C=O) groups excluding carboxylic acids is 2. The summed E-state index contributed by atoms with van der Waals surface area (Å²) < 4.78 is 33.5. The van der Waals surface area contributed by atoms with Gasteiger partial charge in [-0.2, -0.15) is 0 Å². The van der Waals surface area contributed by atoms with Gasteiger partial charge in [0, 0.05) is 36.1 Å². The number of carbonyl (C=O) groups is 2. The van der Waals surface area contributed by atoms with E-state index < -0.39 is 11.6 Å². The number of anilines is 1. The Morgan fingerprint density at radius 1 is 1.20 bits per heavy atom. The highest BCUT2D eigenvalue weighted by Crippen LogP contribution is 2.34. The number of amides is 2. The van der Waals surface area contributed by atoms with Gasteiger partial charge in [0.25, 0.3) is 0 Å². The van der Waals surface area contributed by atoms with Gasteiger partial charge in [-0.3, -0.25) is 9.59 Å². The summed E-state index contributed by atoms with van der Waals surface area (Å²) in [6.45, 7) is 3.51. The Morgan fingerprint density at radius 2 is 2.00 bits per heavy atom. The number of halogens is 2. The second-order valence-electron chi connectivity index (χ2n) is 7.37. The summed E-state index contributed by atoms with van der Waals surface area (Å²) in [4.78, 5) is 28.0. The number of nitrogens with one attached hydrogen (secondary N) is 2. The van der Waals surface area contributed by atoms with Gasteiger partial charge < -0.3 is 15.4 Å². The molecule has 2 N–H and O–H groups in total. The van der Waals surface area contributed by atoms with Gasteiger partial charge in [-0.25, -0.2) is 13.8 Å². The zero-order valence-electron chi connectivity index (χ0n) is 17.0. The molecular weight excluding hydrogens is 392 g/mol. The monoisotopic (exact) mass is 417 g/mol. The van der Waals surface area contributed by atoms with Crippen LogP contribution in [0, 0.1) is 17.6 Å². The molecule has 0 unspecified atom stereocenters. The van der Waals surface area contributed by atoms with Gasteiger partial charge in [0.1, 0.15) is 23.2 Å². The molecule has 1 heterocycles. The van der Waals surface area contributed by atoms with Crippen molar-refractivity contribution in [3.8, 4) is 16.9 Å². The van der Waals surface area contributed by atoms with E-state index in [-0.39, 0.29) is 40.9 Å². The van der Waals surface area contributed by atoms with Crippen LogP contribution in [0.25, 0.3) is 11.1 Å². The molecule has 160 valence electrons. The molecule has 2 aromatic rings. The van der Waals surface area contributed by atoms with E-state index in [1.807, 2.05) is 0 Å². The van der Waals surface area contributed by atoms with E-state index in [1.165, 1.54) is 31.2 Å². The normalized spacial score (nSPS) is 18.5. The highest BCUT2D eigenvalue weighted by molar-refractivity contribution is 5.92. The minimum absolute atomic E-state index is 0.0308. The van der Waals surface area contributed by atoms with Crippen LogP contribution in [0.3, 0.4) is 0 Å². The molecule has 3 rings (SSSR count). The summed E-state index contributed by atoms with van der Waals surface area (Å²) in [6.07, 6.45) is 3.95. The van der Waals surface area contributed by atoms with Crippen LogP contribution in [0.5, 0.6) is 5.75 Å². The molecule has 1 saturated carbocycles. The quantitative estimate of drug-likeness (QED) is 0.743. The number of nitrogens with zero attached hydrogens (tertiary/aromatic N) is 1. The fraction of sp³-hybridized carbons (Fsp3) is 0.409. The van der Waals surface area contributed by atoms with Crippen molar-refractivity contribution < 1.29 is 23.1 Å². The molecule has 0 bridgehead atoms. The number of benzene rings is 1. The lowest BCUT2D eigenvalue weighted by Gasteiger charge is -2.28. The Balaban J connectivity index is 1.79. The minimum atomic E-state index is -0.607. The second-order valence-corrected chi connectivity index (χ2v) is 7.37. The van der Waals surface area contributed by atoms with Crippen molar-refractivity contribution in [1.82, 2.24) is 10.3 Å². The lowest BCUT2D eigenvalue weighted by atomic mass is 9.85. The molecule has 0 radical (unpaired) electrons. The third kappa shape index (κ3) is 5.31. The minimum Gasteiger partial charge on any atom is -0.493 e. The van der Waals surface area contributed by atoms with E-state index in [4.69, 9.17) is 4.74 Å². The Hall–Kier alpha value is -3.03. The summed E-state index contributed by atoms with van der Waals surface area (Å²) in [6, 6.07) is 5.23. The van der Waals surface area contributed by atoms with Crippen molar-refractivity contribution in [3.05, 3.63) is 42.1 Å². The SMILES string of the molecule is CCOc1cc(F)ccc1-c1cc(NC(=O)[C@H]2CCC[C@@H](NC(C)=O)C2)ncc1F. The fourth-order valence-corrected chi connectivity index (χ4v) is 3.78. The first-order valence-corrected chi connectivity index (χ1v) is 10.0. The Morgan fingerprint density at radius 3 is 2.73 bits per heavy atom. The number of pyridine rings is 1. The van der Waals surface area contributed by atoms with Crippen molar-refractivity contribution in [2.75, 3.05) is 11.9 Å². The predicted molar refractivity (Wildman–Crippen MR) is 109 cm³/mol. The topological polar surface area (TPSA) is 80.3 Å². The highest BCUT2D eigenvalue weighted by atomic mass is 19.1. The summed E-state index contributed by atoms with van der Waals surface area (Å²) in [5.74, 6) is -1.29. The third-order valence-corrected chi connectivity index (χ3v) is 5.09. The average molecular weight is 417 g/mol. The molecule has 1 aromatic carbocycles. The van der Waals surface area contributed by atoms with Crippen molar-refractivity contribution in [2.24, 2.45) is 5.92 Å². The molecule has 8 heteroatoms. The van der Waals surface area contributed by atoms with E-state index in [1.54, 1.807) is 6.92 Å². The molecule has 1 aromatic heterocycles. The van der Waals surface area contributed by atoms with Crippen LogP contribution in [-0.2, 0) is 9.59 Å². The van der Waals surface area contributed by atoms with E-state index in [9.17, 15) is 18.4 Å². The highest BCUT2D eigenvalue weighted by Gasteiger charge is 2.28. The first kappa shape index (κ1) is 21.7. The molecule has 0 spiro atoms. The van der Waals surface area contributed by atoms with Crippen LogP contribution in [0.1, 0.15) is 39.5 Å². The summed E-state index contributed by atoms with van der Waals surface area (Å²) >= 11 is 0. The fourth-order valence-electron chi connectivity index (χ4n) is 3.78. The molecule has 30 heavy (non-hydrogen) atoms. The summed E-state index contributed by atoms with van der Waals surface area (Å²) in [5.41, 5.74) is 0.528. The Bertz CT molecular complexity index is 936. The van der Waals surface area contributed by atoms with Crippen LogP contribution in [0.4, 0.5) is 14.6 Å². The van der Waals surface area contributed by atoms with Gasteiger partial charge in [-0.05, 0) is 44.4 Å². The average Bonchev–Trinajstić information content (AvgIpc) is 2.70. The van der Waals surface area contributed by atoms with Gasteiger partial charge >= 0.3 is 0 Å². The smallest absolute Gasteiger partial charge is 0.228 e. The molecule has 2 atom stereocenters. The van der Waals surface area contributed by atoms with Crippen molar-refractivity contribution >= 4 is 17.6 Å². The maximum absolute atomic E-state index is 14.5. The van der Waals surface area contributed by atoms with Gasteiger partial charge in [0.15, 0.2) is 0 Å². The molecule has 0 aliphatic heterocycles. The van der Waals surface area contributed by atoms with E-state index in [0.29, 0.717) is 25.0 Å². The van der Waals surface area contributed by atoms with E-state index >= 15 is 0 Å². The van der Waals surface area contributed by atoms with Gasteiger partial charge in [0.2, 0.25) is 11.8 Å². The van der Waals surface area contributed by atoms with Crippen LogP contribution in [-0.4, -0.2) is 29.4 Å². The van der Waals surface area contributed by atoms with Gasteiger partial charge in [-0.1, -0.05) is 6.42 Å². The maximum atomic E-state index is 14.5.